The Morgan fingerprint density at radius 1 is 1.27 bits per heavy atom. The van der Waals surface area contributed by atoms with E-state index in [1.807, 2.05) is 5.57 Å². The molecule has 0 heterocycles. The molecular formula is C21H34N-. The highest BCUT2D eigenvalue weighted by Gasteiger charge is 2.50. The van der Waals surface area contributed by atoms with Crippen molar-refractivity contribution in [3.63, 3.8) is 0 Å². The van der Waals surface area contributed by atoms with E-state index in [9.17, 15) is 0 Å². The van der Waals surface area contributed by atoms with Crippen LogP contribution < -0.4 is 0 Å². The van der Waals surface area contributed by atoms with Crippen molar-refractivity contribution in [2.75, 3.05) is 7.05 Å². The minimum Gasteiger partial charge on any atom is -0.659 e. The van der Waals surface area contributed by atoms with Gasteiger partial charge in [0.2, 0.25) is 0 Å². The molecule has 0 radical (unpaired) electrons. The maximum Gasteiger partial charge on any atom is -0.00126 e. The van der Waals surface area contributed by atoms with Crippen LogP contribution in [-0.4, -0.2) is 12.6 Å². The summed E-state index contributed by atoms with van der Waals surface area (Å²) < 4.78 is 0. The third-order valence-electron chi connectivity index (χ3n) is 7.16. The van der Waals surface area contributed by atoms with Gasteiger partial charge in [-0.05, 0) is 69.6 Å². The van der Waals surface area contributed by atoms with Gasteiger partial charge in [0.25, 0.3) is 0 Å². The first kappa shape index (κ1) is 16.3. The largest absolute Gasteiger partial charge is 0.659 e. The summed E-state index contributed by atoms with van der Waals surface area (Å²) in [6.07, 6.45) is 9.27. The Bertz CT molecular complexity index is 496. The minimum atomic E-state index is 0.222. The van der Waals surface area contributed by atoms with Gasteiger partial charge < -0.3 is 5.32 Å². The lowest BCUT2D eigenvalue weighted by atomic mass is 9.49. The molecule has 0 N–H and O–H groups in total. The summed E-state index contributed by atoms with van der Waals surface area (Å²) in [5.74, 6) is 4.06. The number of allylic oxidation sites excluding steroid dienone is 4. The van der Waals surface area contributed by atoms with Gasteiger partial charge in [-0.15, -0.1) is 5.54 Å². The summed E-state index contributed by atoms with van der Waals surface area (Å²) in [6, 6.07) is 0. The van der Waals surface area contributed by atoms with E-state index < -0.39 is 0 Å². The molecule has 2 fully saturated rings. The van der Waals surface area contributed by atoms with Crippen LogP contribution in [0.2, 0.25) is 0 Å². The van der Waals surface area contributed by atoms with Gasteiger partial charge in [0.1, 0.15) is 0 Å². The van der Waals surface area contributed by atoms with Gasteiger partial charge >= 0.3 is 0 Å². The summed E-state index contributed by atoms with van der Waals surface area (Å²) in [5.41, 5.74) is 5.24. The second-order valence-corrected chi connectivity index (χ2v) is 8.75. The highest BCUT2D eigenvalue weighted by atomic mass is 15.0. The van der Waals surface area contributed by atoms with Crippen molar-refractivity contribution < 1.29 is 0 Å². The SMILES string of the molecule is C[N-]C1(C)CCC2C(C)CC(C=C(C)C)C3=C(C)CCC1C32. The first-order valence-corrected chi connectivity index (χ1v) is 9.33. The van der Waals surface area contributed by atoms with Crippen LogP contribution in [-0.2, 0) is 0 Å². The quantitative estimate of drug-likeness (QED) is 0.545. The fraction of sp³-hybridized carbons (Fsp3) is 0.810. The van der Waals surface area contributed by atoms with Crippen molar-refractivity contribution in [1.82, 2.24) is 0 Å². The van der Waals surface area contributed by atoms with Crippen molar-refractivity contribution in [1.29, 1.82) is 0 Å². The third kappa shape index (κ3) is 2.50. The molecule has 0 saturated heterocycles. The summed E-state index contributed by atoms with van der Waals surface area (Å²) in [6.45, 7) is 11.9. The van der Waals surface area contributed by atoms with Gasteiger partial charge in [0.15, 0.2) is 0 Å². The zero-order valence-electron chi connectivity index (χ0n) is 15.4. The summed E-state index contributed by atoms with van der Waals surface area (Å²) >= 11 is 0. The third-order valence-corrected chi connectivity index (χ3v) is 7.16. The summed E-state index contributed by atoms with van der Waals surface area (Å²) in [4.78, 5) is 0. The Kier molecular flexibility index (Phi) is 4.31. The molecule has 0 aromatic rings. The number of rotatable bonds is 2. The molecule has 2 saturated carbocycles. The monoisotopic (exact) mass is 300 g/mol. The number of hydrogen-bond acceptors (Lipinski definition) is 0. The molecular weight excluding hydrogens is 266 g/mol. The van der Waals surface area contributed by atoms with Gasteiger partial charge in [0.05, 0.1) is 0 Å². The Balaban J connectivity index is 2.05. The van der Waals surface area contributed by atoms with E-state index in [1.54, 1.807) is 5.57 Å². The lowest BCUT2D eigenvalue weighted by Crippen LogP contribution is -2.52. The van der Waals surface area contributed by atoms with Gasteiger partial charge in [-0.2, -0.15) is 7.05 Å². The first-order chi connectivity index (χ1) is 10.4. The molecule has 124 valence electrons. The standard InChI is InChI=1S/C21H34N/c1-13(2)11-16-12-15(4)17-9-10-21(5,22-6)18-8-7-14(3)19(16)20(17)18/h11,15-18,20H,7-10,12H2,1-6H3/q-1. The maximum absolute atomic E-state index is 4.89. The Morgan fingerprint density at radius 3 is 2.64 bits per heavy atom. The Hall–Kier alpha value is -0.560. The predicted molar refractivity (Wildman–Crippen MR) is 96.0 cm³/mol. The average Bonchev–Trinajstić information content (AvgIpc) is 2.45. The average molecular weight is 301 g/mol. The molecule has 3 aliphatic carbocycles. The number of nitrogens with zero attached hydrogens (tertiary/aromatic N) is 1. The van der Waals surface area contributed by atoms with Crippen LogP contribution in [0.25, 0.3) is 5.32 Å². The molecule has 0 spiro atoms. The van der Waals surface area contributed by atoms with Crippen molar-refractivity contribution >= 4 is 0 Å². The lowest BCUT2D eigenvalue weighted by Gasteiger charge is -2.62. The van der Waals surface area contributed by atoms with Crippen LogP contribution in [0.1, 0.15) is 66.7 Å². The zero-order chi connectivity index (χ0) is 16.1. The zero-order valence-corrected chi connectivity index (χ0v) is 15.4. The molecule has 3 aliphatic rings. The molecule has 1 nitrogen and oxygen atoms in total. The van der Waals surface area contributed by atoms with Gasteiger partial charge in [0, 0.05) is 0 Å². The first-order valence-electron chi connectivity index (χ1n) is 9.33. The molecule has 0 bridgehead atoms. The normalized spacial score (nSPS) is 44.5. The minimum absolute atomic E-state index is 0.222. The predicted octanol–water partition coefficient (Wildman–Crippen LogP) is 6.12. The summed E-state index contributed by atoms with van der Waals surface area (Å²) in [5, 5.41) is 4.89. The van der Waals surface area contributed by atoms with Crippen LogP contribution in [0, 0.1) is 29.6 Å². The lowest BCUT2D eigenvalue weighted by molar-refractivity contribution is 0.0373. The van der Waals surface area contributed by atoms with E-state index in [1.165, 1.54) is 37.7 Å². The molecule has 6 unspecified atom stereocenters. The molecule has 1 heteroatoms. The molecule has 22 heavy (non-hydrogen) atoms. The van der Waals surface area contributed by atoms with E-state index in [2.05, 4.69) is 47.7 Å². The van der Waals surface area contributed by atoms with Crippen molar-refractivity contribution in [2.45, 2.75) is 72.3 Å². The molecule has 0 aromatic heterocycles. The van der Waals surface area contributed by atoms with E-state index in [-0.39, 0.29) is 5.54 Å². The van der Waals surface area contributed by atoms with Gasteiger partial charge in [-0.1, -0.05) is 49.5 Å². The highest BCUT2D eigenvalue weighted by molar-refractivity contribution is 5.33. The van der Waals surface area contributed by atoms with E-state index in [4.69, 9.17) is 5.32 Å². The van der Waals surface area contributed by atoms with E-state index >= 15 is 0 Å². The number of hydrogen-bond donors (Lipinski definition) is 0. The molecule has 3 rings (SSSR count). The van der Waals surface area contributed by atoms with Crippen LogP contribution in [0.4, 0.5) is 0 Å². The smallest absolute Gasteiger partial charge is 0.00126 e. The van der Waals surface area contributed by atoms with Crippen molar-refractivity contribution in [2.24, 2.45) is 29.6 Å². The maximum atomic E-state index is 4.89. The van der Waals surface area contributed by atoms with Crippen LogP contribution >= 0.6 is 0 Å². The molecule has 0 aliphatic heterocycles. The second kappa shape index (κ2) is 5.82. The summed E-state index contributed by atoms with van der Waals surface area (Å²) in [7, 11) is 2.06. The molecule has 0 amide bonds. The molecule has 0 aromatic carbocycles. The molecule has 6 atom stereocenters. The topological polar surface area (TPSA) is 14.1 Å². The van der Waals surface area contributed by atoms with Crippen molar-refractivity contribution in [3.8, 4) is 0 Å². The van der Waals surface area contributed by atoms with Gasteiger partial charge in [-0.3, -0.25) is 0 Å². The van der Waals surface area contributed by atoms with Gasteiger partial charge in [-0.25, -0.2) is 0 Å². The Labute approximate surface area is 137 Å². The fourth-order valence-electron chi connectivity index (χ4n) is 5.99. The fourth-order valence-corrected chi connectivity index (χ4v) is 5.99. The van der Waals surface area contributed by atoms with Crippen molar-refractivity contribution in [3.05, 3.63) is 28.1 Å². The van der Waals surface area contributed by atoms with E-state index in [0.29, 0.717) is 5.92 Å². The second-order valence-electron chi connectivity index (χ2n) is 8.75. The van der Waals surface area contributed by atoms with E-state index in [0.717, 1.165) is 23.7 Å². The van der Waals surface area contributed by atoms with Crippen LogP contribution in [0.3, 0.4) is 0 Å². The van der Waals surface area contributed by atoms with Crippen LogP contribution in [0.15, 0.2) is 22.8 Å². The van der Waals surface area contributed by atoms with Crippen LogP contribution in [0.5, 0.6) is 0 Å². The Morgan fingerprint density at radius 2 is 2.00 bits per heavy atom. The highest BCUT2D eigenvalue weighted by Crippen LogP contribution is 2.60.